The highest BCUT2D eigenvalue weighted by atomic mass is 32.2. The average Bonchev–Trinajstić information content (AvgIpc) is 2.01. The average molecular weight is 217 g/mol. The van der Waals surface area contributed by atoms with Crippen LogP contribution < -0.4 is 5.32 Å². The lowest BCUT2D eigenvalue weighted by atomic mass is 10.2. The number of hydrogen-bond acceptors (Lipinski definition) is 3. The van der Waals surface area contributed by atoms with Crippen molar-refractivity contribution < 1.29 is 9.59 Å². The van der Waals surface area contributed by atoms with Crippen molar-refractivity contribution in [1.29, 1.82) is 0 Å². The molecule has 0 fully saturated rings. The third-order valence-corrected chi connectivity index (χ3v) is 2.81. The predicted molar refractivity (Wildman–Crippen MR) is 60.5 cm³/mol. The van der Waals surface area contributed by atoms with Crippen molar-refractivity contribution in [3.05, 3.63) is 0 Å². The molecule has 0 aliphatic carbocycles. The topological polar surface area (TPSA) is 46.2 Å². The molecule has 0 saturated heterocycles. The molecule has 0 spiro atoms. The Hall–Kier alpha value is -0.510. The van der Waals surface area contributed by atoms with E-state index >= 15 is 0 Å². The molecule has 0 aliphatic rings. The zero-order valence-electron chi connectivity index (χ0n) is 9.29. The Morgan fingerprint density at radius 3 is 2.29 bits per heavy atom. The van der Waals surface area contributed by atoms with Gasteiger partial charge in [-0.3, -0.25) is 9.59 Å². The Bertz CT molecular complexity index is 204. The molecule has 0 heterocycles. The number of nitrogens with one attached hydrogen (secondary N) is 1. The van der Waals surface area contributed by atoms with E-state index in [1.165, 1.54) is 6.92 Å². The first-order valence-corrected chi connectivity index (χ1v) is 5.84. The van der Waals surface area contributed by atoms with E-state index in [9.17, 15) is 9.59 Å². The van der Waals surface area contributed by atoms with Gasteiger partial charge in [0.1, 0.15) is 5.78 Å². The van der Waals surface area contributed by atoms with Gasteiger partial charge in [0.15, 0.2) is 0 Å². The number of rotatable bonds is 6. The first-order valence-electron chi connectivity index (χ1n) is 4.90. The van der Waals surface area contributed by atoms with E-state index in [1.54, 1.807) is 11.8 Å². The summed E-state index contributed by atoms with van der Waals surface area (Å²) in [5, 5.41) is 2.88. The standard InChI is InChI=1S/C10H19NO2S/c1-5-11-10(13)9(6-8(4)12)14-7(2)3/h7,9H,5-6H2,1-4H3,(H,11,13). The van der Waals surface area contributed by atoms with Crippen LogP contribution in [-0.4, -0.2) is 28.7 Å². The van der Waals surface area contributed by atoms with E-state index in [1.807, 2.05) is 20.8 Å². The zero-order chi connectivity index (χ0) is 11.1. The van der Waals surface area contributed by atoms with E-state index in [2.05, 4.69) is 5.32 Å². The summed E-state index contributed by atoms with van der Waals surface area (Å²) in [6.45, 7) is 8.07. The van der Waals surface area contributed by atoms with Crippen LogP contribution in [0.25, 0.3) is 0 Å². The highest BCUT2D eigenvalue weighted by molar-refractivity contribution is 8.01. The normalized spacial score (nSPS) is 12.6. The van der Waals surface area contributed by atoms with Crippen LogP contribution in [0.2, 0.25) is 0 Å². The maximum absolute atomic E-state index is 11.5. The van der Waals surface area contributed by atoms with Gasteiger partial charge in [0.05, 0.1) is 5.25 Å². The monoisotopic (exact) mass is 217 g/mol. The molecule has 0 saturated carbocycles. The van der Waals surface area contributed by atoms with Crippen molar-refractivity contribution >= 4 is 23.5 Å². The molecule has 0 aromatic rings. The van der Waals surface area contributed by atoms with Crippen molar-refractivity contribution in [3.8, 4) is 0 Å². The van der Waals surface area contributed by atoms with Crippen LogP contribution in [0, 0.1) is 0 Å². The molecule has 0 bridgehead atoms. The number of ketones is 1. The van der Waals surface area contributed by atoms with Crippen LogP contribution in [0.1, 0.15) is 34.1 Å². The summed E-state index contributed by atoms with van der Waals surface area (Å²) in [6, 6.07) is 0. The molecule has 0 aromatic carbocycles. The number of thioether (sulfide) groups is 1. The molecule has 0 aliphatic heterocycles. The summed E-state index contributed by atoms with van der Waals surface area (Å²) >= 11 is 1.54. The second-order valence-corrected chi connectivity index (χ2v) is 5.26. The van der Waals surface area contributed by atoms with Gasteiger partial charge in [-0.15, -0.1) is 11.8 Å². The molecule has 82 valence electrons. The minimum Gasteiger partial charge on any atom is -0.355 e. The van der Waals surface area contributed by atoms with Crippen molar-refractivity contribution in [3.63, 3.8) is 0 Å². The van der Waals surface area contributed by atoms with Crippen molar-refractivity contribution in [2.75, 3.05) is 6.54 Å². The minimum atomic E-state index is -0.229. The Labute approximate surface area is 90.0 Å². The lowest BCUT2D eigenvalue weighted by Crippen LogP contribution is -2.34. The maximum atomic E-state index is 11.5. The largest absolute Gasteiger partial charge is 0.355 e. The lowest BCUT2D eigenvalue weighted by molar-refractivity contribution is -0.124. The predicted octanol–water partition coefficient (Wildman–Crippen LogP) is 1.61. The number of carbonyl (C=O) groups is 2. The van der Waals surface area contributed by atoms with Gasteiger partial charge in [0.2, 0.25) is 5.91 Å². The number of Topliss-reactive ketones (excluding diaryl/α,β-unsaturated/α-hetero) is 1. The number of hydrogen-bond donors (Lipinski definition) is 1. The molecular formula is C10H19NO2S. The number of carbonyl (C=O) groups excluding carboxylic acids is 2. The van der Waals surface area contributed by atoms with E-state index in [0.717, 1.165) is 0 Å². The summed E-state index contributed by atoms with van der Waals surface area (Å²) in [6.07, 6.45) is 0.328. The van der Waals surface area contributed by atoms with Crippen LogP contribution >= 0.6 is 11.8 Å². The minimum absolute atomic E-state index is 0.0265. The Balaban J connectivity index is 4.22. The van der Waals surface area contributed by atoms with Crippen molar-refractivity contribution in [2.45, 2.75) is 44.6 Å². The highest BCUT2D eigenvalue weighted by Gasteiger charge is 2.21. The molecule has 1 atom stereocenters. The van der Waals surface area contributed by atoms with E-state index in [4.69, 9.17) is 0 Å². The fourth-order valence-corrected chi connectivity index (χ4v) is 2.28. The quantitative estimate of drug-likeness (QED) is 0.735. The molecule has 1 amide bonds. The highest BCUT2D eigenvalue weighted by Crippen LogP contribution is 2.20. The molecular weight excluding hydrogens is 198 g/mol. The Morgan fingerprint density at radius 2 is 1.93 bits per heavy atom. The van der Waals surface area contributed by atoms with E-state index < -0.39 is 0 Å². The van der Waals surface area contributed by atoms with E-state index in [-0.39, 0.29) is 16.9 Å². The van der Waals surface area contributed by atoms with Gasteiger partial charge in [-0.05, 0) is 19.1 Å². The lowest BCUT2D eigenvalue weighted by Gasteiger charge is -2.16. The summed E-state index contributed by atoms with van der Waals surface area (Å²) in [4.78, 5) is 22.5. The maximum Gasteiger partial charge on any atom is 0.233 e. The molecule has 0 radical (unpaired) electrons. The molecule has 3 nitrogen and oxygen atoms in total. The first-order chi connectivity index (χ1) is 6.47. The molecule has 14 heavy (non-hydrogen) atoms. The first kappa shape index (κ1) is 13.5. The van der Waals surface area contributed by atoms with Gasteiger partial charge in [-0.25, -0.2) is 0 Å². The fourth-order valence-electron chi connectivity index (χ4n) is 1.08. The SMILES string of the molecule is CCNC(=O)C(CC(C)=O)SC(C)C. The summed E-state index contributed by atoms with van der Waals surface area (Å²) < 4.78 is 0. The van der Waals surface area contributed by atoms with Crippen LogP contribution in [0.3, 0.4) is 0 Å². The third kappa shape index (κ3) is 6.02. The van der Waals surface area contributed by atoms with Gasteiger partial charge in [0.25, 0.3) is 0 Å². The van der Waals surface area contributed by atoms with Gasteiger partial charge in [0, 0.05) is 13.0 Å². The van der Waals surface area contributed by atoms with Gasteiger partial charge in [-0.2, -0.15) is 0 Å². The smallest absolute Gasteiger partial charge is 0.233 e. The third-order valence-electron chi connectivity index (χ3n) is 1.55. The van der Waals surface area contributed by atoms with Crippen LogP contribution in [0.15, 0.2) is 0 Å². The van der Waals surface area contributed by atoms with E-state index in [0.29, 0.717) is 18.2 Å². The van der Waals surface area contributed by atoms with Crippen molar-refractivity contribution in [2.24, 2.45) is 0 Å². The number of amides is 1. The van der Waals surface area contributed by atoms with Gasteiger partial charge < -0.3 is 5.32 Å². The molecule has 1 N–H and O–H groups in total. The van der Waals surface area contributed by atoms with Crippen molar-refractivity contribution in [1.82, 2.24) is 5.32 Å². The zero-order valence-corrected chi connectivity index (χ0v) is 10.1. The summed E-state index contributed by atoms with van der Waals surface area (Å²) in [5.41, 5.74) is 0. The van der Waals surface area contributed by atoms with Crippen LogP contribution in [0.5, 0.6) is 0 Å². The summed E-state index contributed by atoms with van der Waals surface area (Å²) in [5.74, 6) is 0.0378. The second kappa shape index (κ2) is 6.87. The van der Waals surface area contributed by atoms with Gasteiger partial charge in [-0.1, -0.05) is 13.8 Å². The van der Waals surface area contributed by atoms with Crippen LogP contribution in [-0.2, 0) is 9.59 Å². The Kier molecular flexibility index (Phi) is 6.62. The molecule has 0 aromatic heterocycles. The molecule has 1 unspecified atom stereocenters. The molecule has 4 heteroatoms. The Morgan fingerprint density at radius 1 is 1.36 bits per heavy atom. The fraction of sp³-hybridized carbons (Fsp3) is 0.800. The summed E-state index contributed by atoms with van der Waals surface area (Å²) in [7, 11) is 0. The van der Waals surface area contributed by atoms with Gasteiger partial charge >= 0.3 is 0 Å². The van der Waals surface area contributed by atoms with Crippen LogP contribution in [0.4, 0.5) is 0 Å². The molecule has 0 rings (SSSR count). The second-order valence-electron chi connectivity index (χ2n) is 3.47.